The molecule has 7 heteroatoms. The number of piperidine rings is 1. The van der Waals surface area contributed by atoms with E-state index in [2.05, 4.69) is 15.9 Å². The van der Waals surface area contributed by atoms with Crippen LogP contribution in [-0.2, 0) is 20.7 Å². The van der Waals surface area contributed by atoms with Crippen molar-refractivity contribution in [3.05, 3.63) is 33.3 Å². The number of hydrogen-bond donors (Lipinski definition) is 0. The first kappa shape index (κ1) is 18.2. The van der Waals surface area contributed by atoms with Gasteiger partial charge in [0.25, 0.3) is 7.41 Å². The number of carbonyl (C=O) groups excluding carboxylic acids is 2. The van der Waals surface area contributed by atoms with E-state index in [1.165, 1.54) is 0 Å². The number of hydrogen-bond acceptors (Lipinski definition) is 5. The van der Waals surface area contributed by atoms with E-state index in [1.807, 2.05) is 23.0 Å². The Kier molecular flexibility index (Phi) is 5.96. The van der Waals surface area contributed by atoms with Gasteiger partial charge in [0.1, 0.15) is 11.9 Å². The van der Waals surface area contributed by atoms with Gasteiger partial charge in [-0.05, 0) is 78.1 Å². The molecule has 0 amide bonds. The van der Waals surface area contributed by atoms with Gasteiger partial charge in [0.2, 0.25) is 0 Å². The molecule has 0 unspecified atom stereocenters. The SMILES string of the molecule is CCOC(=O)C1=Cc2cc(OC3CCN([B]C=O)CC3)c(Br)cc2C1. The van der Waals surface area contributed by atoms with Gasteiger partial charge in [-0.1, -0.05) is 0 Å². The third kappa shape index (κ3) is 4.33. The van der Waals surface area contributed by atoms with Crippen molar-refractivity contribution in [3.63, 3.8) is 0 Å². The van der Waals surface area contributed by atoms with Crippen LogP contribution in [0.3, 0.4) is 0 Å². The van der Waals surface area contributed by atoms with Crippen LogP contribution in [-0.4, -0.2) is 50.2 Å². The van der Waals surface area contributed by atoms with E-state index in [0.717, 1.165) is 53.5 Å². The minimum absolute atomic E-state index is 0.126. The normalized spacial score (nSPS) is 17.6. The highest BCUT2D eigenvalue weighted by Crippen LogP contribution is 2.36. The number of carbonyl (C=O) groups is 2. The molecule has 1 fully saturated rings. The van der Waals surface area contributed by atoms with Crippen molar-refractivity contribution in [2.45, 2.75) is 32.3 Å². The molecule has 131 valence electrons. The van der Waals surface area contributed by atoms with Crippen molar-refractivity contribution in [2.75, 3.05) is 19.7 Å². The monoisotopic (exact) mass is 404 g/mol. The third-order valence-electron chi connectivity index (χ3n) is 4.48. The van der Waals surface area contributed by atoms with Gasteiger partial charge in [0.05, 0.1) is 17.3 Å². The first-order chi connectivity index (χ1) is 12.1. The maximum absolute atomic E-state index is 11.9. The Labute approximate surface area is 156 Å². The Hall–Kier alpha value is -1.60. The molecule has 25 heavy (non-hydrogen) atoms. The number of fused-ring (bicyclic) bond motifs is 1. The topological polar surface area (TPSA) is 55.8 Å². The lowest BCUT2D eigenvalue weighted by Crippen LogP contribution is -2.40. The van der Waals surface area contributed by atoms with Crippen LogP contribution in [0.1, 0.15) is 30.9 Å². The van der Waals surface area contributed by atoms with Crippen molar-refractivity contribution in [1.29, 1.82) is 0 Å². The van der Waals surface area contributed by atoms with E-state index in [9.17, 15) is 9.59 Å². The molecule has 0 atom stereocenters. The molecule has 0 saturated carbocycles. The van der Waals surface area contributed by atoms with Crippen molar-refractivity contribution in [1.82, 2.24) is 4.81 Å². The lowest BCUT2D eigenvalue weighted by atomic mass is 9.90. The molecule has 0 aromatic heterocycles. The van der Waals surface area contributed by atoms with E-state index in [4.69, 9.17) is 9.47 Å². The van der Waals surface area contributed by atoms with E-state index >= 15 is 0 Å². The fraction of sp³-hybridized carbons (Fsp3) is 0.444. The van der Waals surface area contributed by atoms with Crippen molar-refractivity contribution in [3.8, 4) is 5.75 Å². The maximum atomic E-state index is 11.9. The highest BCUT2D eigenvalue weighted by atomic mass is 79.9. The summed E-state index contributed by atoms with van der Waals surface area (Å²) in [4.78, 5) is 24.5. The average molecular weight is 405 g/mol. The fourth-order valence-corrected chi connectivity index (χ4v) is 3.68. The van der Waals surface area contributed by atoms with Crippen LogP contribution in [0, 0.1) is 0 Å². The predicted molar refractivity (Wildman–Crippen MR) is 100 cm³/mol. The zero-order valence-electron chi connectivity index (χ0n) is 14.2. The molecule has 3 rings (SSSR count). The second-order valence-electron chi connectivity index (χ2n) is 6.19. The standard InChI is InChI=1S/C18H20BBrNO4/c1-2-24-18(23)14-7-12-9-16(20)17(10-13(12)8-14)25-15-3-5-21(6-4-15)19-11-22/h8-11,15H,2-7H2,1H3. The highest BCUT2D eigenvalue weighted by molar-refractivity contribution is 9.10. The van der Waals surface area contributed by atoms with Gasteiger partial charge >= 0.3 is 5.97 Å². The fourth-order valence-electron chi connectivity index (χ4n) is 3.20. The molecule has 5 nitrogen and oxygen atoms in total. The van der Waals surface area contributed by atoms with Gasteiger partial charge in [0.15, 0.2) is 0 Å². The third-order valence-corrected chi connectivity index (χ3v) is 5.10. The molecule has 1 heterocycles. The number of esters is 1. The van der Waals surface area contributed by atoms with Crippen molar-refractivity contribution < 1.29 is 19.1 Å². The van der Waals surface area contributed by atoms with Gasteiger partial charge in [0, 0.05) is 12.0 Å². The molecule has 1 radical (unpaired) electrons. The molecule has 1 aliphatic carbocycles. The quantitative estimate of drug-likeness (QED) is 0.414. The number of halogens is 1. The Morgan fingerprint density at radius 3 is 2.84 bits per heavy atom. The number of benzene rings is 1. The summed E-state index contributed by atoms with van der Waals surface area (Å²) in [5, 5.41) is 0. The first-order valence-electron chi connectivity index (χ1n) is 8.50. The Morgan fingerprint density at radius 1 is 1.40 bits per heavy atom. The lowest BCUT2D eigenvalue weighted by molar-refractivity contribution is -0.138. The summed E-state index contributed by atoms with van der Waals surface area (Å²) in [5.74, 6) is 0.536. The Bertz CT molecular complexity index is 699. The van der Waals surface area contributed by atoms with Crippen LogP contribution in [0.4, 0.5) is 0 Å². The predicted octanol–water partition coefficient (Wildman–Crippen LogP) is 2.60. The minimum Gasteiger partial charge on any atom is -0.489 e. The summed E-state index contributed by atoms with van der Waals surface area (Å²) in [6.07, 6.45) is 5.17. The zero-order valence-corrected chi connectivity index (χ0v) is 15.8. The maximum Gasteiger partial charge on any atom is 0.334 e. The highest BCUT2D eigenvalue weighted by Gasteiger charge is 2.24. The Balaban J connectivity index is 1.67. The summed E-state index contributed by atoms with van der Waals surface area (Å²) in [6, 6.07) is 4.00. The van der Waals surface area contributed by atoms with E-state index in [0.29, 0.717) is 18.6 Å². The molecule has 1 aliphatic heterocycles. The second kappa shape index (κ2) is 8.19. The zero-order chi connectivity index (χ0) is 17.8. The largest absolute Gasteiger partial charge is 0.489 e. The summed E-state index contributed by atoms with van der Waals surface area (Å²) >= 11 is 3.57. The molecule has 0 bridgehead atoms. The van der Waals surface area contributed by atoms with E-state index in [1.54, 1.807) is 14.3 Å². The van der Waals surface area contributed by atoms with E-state index < -0.39 is 0 Å². The van der Waals surface area contributed by atoms with Gasteiger partial charge in [-0.15, -0.1) is 0 Å². The molecular formula is C18H20BBrNO4. The Morgan fingerprint density at radius 2 is 2.16 bits per heavy atom. The van der Waals surface area contributed by atoms with Crippen LogP contribution >= 0.6 is 15.9 Å². The van der Waals surface area contributed by atoms with Gasteiger partial charge < -0.3 is 19.1 Å². The lowest BCUT2D eigenvalue weighted by Gasteiger charge is -2.31. The van der Waals surface area contributed by atoms with Gasteiger partial charge in [-0.2, -0.15) is 0 Å². The molecule has 1 aromatic carbocycles. The van der Waals surface area contributed by atoms with Crippen LogP contribution in [0.25, 0.3) is 6.08 Å². The van der Waals surface area contributed by atoms with Crippen molar-refractivity contribution >= 4 is 41.6 Å². The number of ether oxygens (including phenoxy) is 2. The summed E-state index contributed by atoms with van der Waals surface area (Å²) < 4.78 is 12.1. The van der Waals surface area contributed by atoms with Gasteiger partial charge in [-0.25, -0.2) is 4.79 Å². The smallest absolute Gasteiger partial charge is 0.334 e. The van der Waals surface area contributed by atoms with Crippen LogP contribution < -0.4 is 4.74 Å². The first-order valence-corrected chi connectivity index (χ1v) is 9.29. The van der Waals surface area contributed by atoms with E-state index in [-0.39, 0.29) is 12.1 Å². The molecule has 1 saturated heterocycles. The second-order valence-corrected chi connectivity index (χ2v) is 7.04. The summed E-state index contributed by atoms with van der Waals surface area (Å²) in [7, 11) is 1.59. The number of nitrogens with zero attached hydrogens (tertiary/aromatic N) is 1. The van der Waals surface area contributed by atoms with Crippen LogP contribution in [0.15, 0.2) is 22.2 Å². The molecule has 1 aromatic rings. The van der Waals surface area contributed by atoms with Crippen molar-refractivity contribution in [2.24, 2.45) is 0 Å². The van der Waals surface area contributed by atoms with Crippen LogP contribution in [0.5, 0.6) is 5.75 Å². The molecule has 0 spiro atoms. The van der Waals surface area contributed by atoms with Gasteiger partial charge in [-0.3, -0.25) is 0 Å². The molecular weight excluding hydrogens is 385 g/mol. The summed E-state index contributed by atoms with van der Waals surface area (Å²) in [6.45, 7) is 3.82. The molecule has 2 aliphatic rings. The number of rotatable bonds is 6. The van der Waals surface area contributed by atoms with Crippen LogP contribution in [0.2, 0.25) is 0 Å². The summed E-state index contributed by atoms with van der Waals surface area (Å²) in [5.41, 5.74) is 2.78. The molecule has 0 N–H and O–H groups in total. The average Bonchev–Trinajstić information content (AvgIpc) is 3.00. The minimum atomic E-state index is -0.254.